The number of carbonyl (C=O) groups excluding carboxylic acids is 1. The van der Waals surface area contributed by atoms with E-state index in [2.05, 4.69) is 5.43 Å². The Morgan fingerprint density at radius 3 is 2.60 bits per heavy atom. The Bertz CT molecular complexity index is 920. The van der Waals surface area contributed by atoms with Gasteiger partial charge in [0.1, 0.15) is 11.8 Å². The molecule has 2 heterocycles. The Morgan fingerprint density at radius 1 is 1.04 bits per heavy atom. The van der Waals surface area contributed by atoms with Crippen molar-refractivity contribution in [3.8, 4) is 0 Å². The summed E-state index contributed by atoms with van der Waals surface area (Å²) in [5.41, 5.74) is 5.58. The average Bonchev–Trinajstić information content (AvgIpc) is 3.31. The van der Waals surface area contributed by atoms with Crippen molar-refractivity contribution >= 4 is 23.2 Å². The van der Waals surface area contributed by atoms with Crippen molar-refractivity contribution in [2.45, 2.75) is 6.04 Å². The van der Waals surface area contributed by atoms with Crippen LogP contribution in [0.2, 0.25) is 5.02 Å². The fraction of sp³-hybridized carbons (Fsp3) is 0.0500. The van der Waals surface area contributed by atoms with Gasteiger partial charge in [0.05, 0.1) is 12.0 Å². The van der Waals surface area contributed by atoms with Crippen molar-refractivity contribution in [3.63, 3.8) is 0 Å². The second-order valence-electron chi connectivity index (χ2n) is 5.70. The number of amides is 1. The normalized spacial score (nSPS) is 16.4. The van der Waals surface area contributed by atoms with E-state index in [4.69, 9.17) is 16.0 Å². The lowest BCUT2D eigenvalue weighted by Crippen LogP contribution is -2.39. The van der Waals surface area contributed by atoms with Gasteiger partial charge in [0.2, 0.25) is 0 Å². The van der Waals surface area contributed by atoms with Gasteiger partial charge >= 0.3 is 0 Å². The summed E-state index contributed by atoms with van der Waals surface area (Å²) in [4.78, 5) is 13.0. The molecule has 2 aromatic carbocycles. The number of hydrogen-bond acceptors (Lipinski definition) is 3. The van der Waals surface area contributed by atoms with Gasteiger partial charge in [-0.3, -0.25) is 10.2 Å². The highest BCUT2D eigenvalue weighted by molar-refractivity contribution is 6.30. The Labute approximate surface area is 150 Å². The number of rotatable bonds is 3. The van der Waals surface area contributed by atoms with Crippen LogP contribution in [0.3, 0.4) is 0 Å². The number of nitrogens with zero attached hydrogens (tertiary/aromatic N) is 1. The highest BCUT2D eigenvalue weighted by Crippen LogP contribution is 2.32. The molecule has 0 bridgehead atoms. The third-order valence-corrected chi connectivity index (χ3v) is 4.29. The molecule has 0 fully saturated rings. The molecule has 0 spiro atoms. The monoisotopic (exact) mass is 350 g/mol. The third-order valence-electron chi connectivity index (χ3n) is 4.05. The minimum Gasteiger partial charge on any atom is -0.467 e. The smallest absolute Gasteiger partial charge is 0.273 e. The van der Waals surface area contributed by atoms with Crippen LogP contribution in [-0.2, 0) is 0 Å². The quantitative estimate of drug-likeness (QED) is 0.746. The molecule has 1 amide bonds. The predicted octanol–water partition coefficient (Wildman–Crippen LogP) is 4.68. The zero-order valence-corrected chi connectivity index (χ0v) is 14.0. The first-order valence-corrected chi connectivity index (χ1v) is 8.26. The second-order valence-corrected chi connectivity index (χ2v) is 6.14. The summed E-state index contributed by atoms with van der Waals surface area (Å²) in [6, 6.07) is 20.1. The van der Waals surface area contributed by atoms with E-state index in [1.165, 1.54) is 0 Å². The SMILES string of the molecule is O=C(c1cccc(Cl)c1)N1NC(c2ccccc2)=C[C@@H]1c1ccco1. The molecule has 0 saturated heterocycles. The van der Waals surface area contributed by atoms with Gasteiger partial charge < -0.3 is 4.42 Å². The van der Waals surface area contributed by atoms with E-state index < -0.39 is 0 Å². The number of hydrogen-bond donors (Lipinski definition) is 1. The molecule has 1 aliphatic heterocycles. The third kappa shape index (κ3) is 3.04. The lowest BCUT2D eigenvalue weighted by molar-refractivity contribution is 0.0655. The van der Waals surface area contributed by atoms with Crippen molar-refractivity contribution in [2.24, 2.45) is 0 Å². The van der Waals surface area contributed by atoms with Crippen molar-refractivity contribution in [1.29, 1.82) is 0 Å². The fourth-order valence-corrected chi connectivity index (χ4v) is 3.04. The molecule has 1 aromatic heterocycles. The number of carbonyl (C=O) groups is 1. The Balaban J connectivity index is 1.70. The van der Waals surface area contributed by atoms with E-state index in [1.807, 2.05) is 48.5 Å². The summed E-state index contributed by atoms with van der Waals surface area (Å²) in [5, 5.41) is 2.09. The number of benzene rings is 2. The van der Waals surface area contributed by atoms with Gasteiger partial charge in [0.15, 0.2) is 0 Å². The van der Waals surface area contributed by atoms with Gasteiger partial charge in [-0.2, -0.15) is 0 Å². The molecular weight excluding hydrogens is 336 g/mol. The molecule has 0 saturated carbocycles. The maximum Gasteiger partial charge on any atom is 0.273 e. The van der Waals surface area contributed by atoms with Crippen molar-refractivity contribution < 1.29 is 9.21 Å². The van der Waals surface area contributed by atoms with Crippen LogP contribution in [0.4, 0.5) is 0 Å². The van der Waals surface area contributed by atoms with E-state index in [0.717, 1.165) is 11.3 Å². The highest BCUT2D eigenvalue weighted by atomic mass is 35.5. The maximum atomic E-state index is 13.0. The summed E-state index contributed by atoms with van der Waals surface area (Å²) >= 11 is 6.03. The molecule has 1 atom stereocenters. The van der Waals surface area contributed by atoms with E-state index in [1.54, 1.807) is 35.5 Å². The first kappa shape index (κ1) is 15.5. The van der Waals surface area contributed by atoms with Gasteiger partial charge in [0.25, 0.3) is 5.91 Å². The van der Waals surface area contributed by atoms with Gasteiger partial charge in [-0.1, -0.05) is 48.0 Å². The van der Waals surface area contributed by atoms with Crippen LogP contribution >= 0.6 is 11.6 Å². The molecule has 3 aromatic rings. The van der Waals surface area contributed by atoms with E-state index in [9.17, 15) is 4.79 Å². The average molecular weight is 351 g/mol. The first-order valence-electron chi connectivity index (χ1n) is 7.89. The number of nitrogens with one attached hydrogen (secondary N) is 1. The molecule has 0 radical (unpaired) electrons. The Hall–Kier alpha value is -2.98. The van der Waals surface area contributed by atoms with E-state index in [-0.39, 0.29) is 11.9 Å². The van der Waals surface area contributed by atoms with Gasteiger partial charge in [-0.05, 0) is 42.0 Å². The second kappa shape index (κ2) is 6.49. The zero-order chi connectivity index (χ0) is 17.2. The van der Waals surface area contributed by atoms with E-state index >= 15 is 0 Å². The zero-order valence-electron chi connectivity index (χ0n) is 13.2. The largest absolute Gasteiger partial charge is 0.467 e. The highest BCUT2D eigenvalue weighted by Gasteiger charge is 2.33. The molecule has 1 aliphatic rings. The van der Waals surface area contributed by atoms with Crippen molar-refractivity contribution in [2.75, 3.05) is 0 Å². The fourth-order valence-electron chi connectivity index (χ4n) is 2.85. The molecule has 124 valence electrons. The number of hydrazine groups is 1. The maximum absolute atomic E-state index is 13.0. The number of halogens is 1. The molecule has 4 nitrogen and oxygen atoms in total. The topological polar surface area (TPSA) is 45.5 Å². The van der Waals surface area contributed by atoms with Crippen molar-refractivity contribution in [1.82, 2.24) is 10.4 Å². The van der Waals surface area contributed by atoms with Crippen LogP contribution in [0, 0.1) is 0 Å². The van der Waals surface area contributed by atoms with Gasteiger partial charge in [-0.15, -0.1) is 0 Å². The van der Waals surface area contributed by atoms with Crippen LogP contribution in [-0.4, -0.2) is 10.9 Å². The van der Waals surface area contributed by atoms with Gasteiger partial charge in [-0.25, -0.2) is 5.01 Å². The van der Waals surface area contributed by atoms with Crippen molar-refractivity contribution in [3.05, 3.63) is 101 Å². The lowest BCUT2D eigenvalue weighted by atomic mass is 10.1. The summed E-state index contributed by atoms with van der Waals surface area (Å²) < 4.78 is 5.54. The summed E-state index contributed by atoms with van der Waals surface area (Å²) in [7, 11) is 0. The molecule has 25 heavy (non-hydrogen) atoms. The summed E-state index contributed by atoms with van der Waals surface area (Å²) in [5.74, 6) is 0.514. The van der Waals surface area contributed by atoms with Crippen LogP contribution in [0.5, 0.6) is 0 Å². The molecular formula is C20H15ClN2O2. The van der Waals surface area contributed by atoms with Gasteiger partial charge in [0, 0.05) is 10.6 Å². The lowest BCUT2D eigenvalue weighted by Gasteiger charge is -2.24. The molecule has 0 aliphatic carbocycles. The van der Waals surface area contributed by atoms with Crippen LogP contribution in [0.25, 0.3) is 5.70 Å². The molecule has 1 N–H and O–H groups in total. The van der Waals surface area contributed by atoms with Crippen LogP contribution in [0.15, 0.2) is 83.5 Å². The number of furan rings is 1. The van der Waals surface area contributed by atoms with Crippen LogP contribution < -0.4 is 5.43 Å². The molecule has 4 rings (SSSR count). The molecule has 5 heteroatoms. The molecule has 0 unspecified atom stereocenters. The summed E-state index contributed by atoms with van der Waals surface area (Å²) in [6.07, 6.45) is 3.59. The first-order chi connectivity index (χ1) is 12.2. The Kier molecular flexibility index (Phi) is 4.04. The van der Waals surface area contributed by atoms with Crippen LogP contribution in [0.1, 0.15) is 27.7 Å². The predicted molar refractivity (Wildman–Crippen MR) is 96.6 cm³/mol. The van der Waals surface area contributed by atoms with E-state index in [0.29, 0.717) is 16.3 Å². The Morgan fingerprint density at radius 2 is 1.88 bits per heavy atom. The summed E-state index contributed by atoms with van der Waals surface area (Å²) in [6.45, 7) is 0. The standard InChI is InChI=1S/C20H15ClN2O2/c21-16-9-4-8-15(12-16)20(24)23-18(19-10-5-11-25-19)13-17(22-23)14-6-2-1-3-7-14/h1-13,18,22H/t18-/m1/s1. The minimum absolute atomic E-state index is 0.175. The minimum atomic E-state index is -0.336.